The minimum atomic E-state index is -4.53. The molecule has 0 bridgehead atoms. The van der Waals surface area contributed by atoms with Gasteiger partial charge in [0.25, 0.3) is 0 Å². The zero-order valence-corrected chi connectivity index (χ0v) is 11.6. The molecule has 3 N–H and O–H groups in total. The Morgan fingerprint density at radius 3 is 2.52 bits per heavy atom. The quantitative estimate of drug-likeness (QED) is 0.894. The van der Waals surface area contributed by atoms with Crippen molar-refractivity contribution in [1.82, 2.24) is 0 Å². The second kappa shape index (κ2) is 6.35. The van der Waals surface area contributed by atoms with Crippen molar-refractivity contribution in [3.63, 3.8) is 0 Å². The molecule has 1 atom stereocenters. The predicted molar refractivity (Wildman–Crippen MR) is 74.6 cm³/mol. The second-order valence-electron chi connectivity index (χ2n) is 5.40. The highest BCUT2D eigenvalue weighted by molar-refractivity contribution is 5.53. The molecule has 1 fully saturated rings. The molecule has 1 aromatic rings. The molecular weight excluding hydrogens is 279 g/mol. The third-order valence-corrected chi connectivity index (χ3v) is 4.02. The molecule has 1 unspecified atom stereocenters. The lowest BCUT2D eigenvalue weighted by molar-refractivity contribution is -0.137. The Morgan fingerprint density at radius 2 is 2.00 bits per heavy atom. The largest absolute Gasteiger partial charge is 0.417 e. The number of alkyl halides is 3. The number of benzene rings is 1. The number of nitrogens with one attached hydrogen (secondary N) is 1. The van der Waals surface area contributed by atoms with Gasteiger partial charge in [0.1, 0.15) is 0 Å². The average molecular weight is 297 g/mol. The molecule has 1 aromatic carbocycles. The first-order valence-corrected chi connectivity index (χ1v) is 7.03. The first-order chi connectivity index (χ1) is 9.95. The van der Waals surface area contributed by atoms with E-state index in [0.717, 1.165) is 31.7 Å². The second-order valence-corrected chi connectivity index (χ2v) is 5.40. The van der Waals surface area contributed by atoms with Gasteiger partial charge in [0, 0.05) is 18.3 Å². The van der Waals surface area contributed by atoms with Gasteiger partial charge in [-0.2, -0.15) is 18.4 Å². The van der Waals surface area contributed by atoms with Crippen LogP contribution in [0.5, 0.6) is 0 Å². The van der Waals surface area contributed by atoms with E-state index in [-0.39, 0.29) is 11.6 Å². The van der Waals surface area contributed by atoms with Gasteiger partial charge < -0.3 is 11.1 Å². The molecule has 0 heterocycles. The third-order valence-electron chi connectivity index (χ3n) is 4.02. The molecular formula is C15H18F3N3. The minimum Gasteiger partial charge on any atom is -0.381 e. The Morgan fingerprint density at radius 1 is 1.33 bits per heavy atom. The van der Waals surface area contributed by atoms with Crippen LogP contribution in [0.4, 0.5) is 18.9 Å². The normalized spacial score (nSPS) is 17.5. The molecule has 0 saturated heterocycles. The van der Waals surface area contributed by atoms with Crippen molar-refractivity contribution >= 4 is 5.69 Å². The summed E-state index contributed by atoms with van der Waals surface area (Å²) in [5, 5.41) is 11.9. The van der Waals surface area contributed by atoms with E-state index < -0.39 is 11.7 Å². The highest BCUT2D eigenvalue weighted by Crippen LogP contribution is 2.34. The van der Waals surface area contributed by atoms with Crippen molar-refractivity contribution in [2.75, 3.05) is 11.9 Å². The van der Waals surface area contributed by atoms with Crippen molar-refractivity contribution in [2.24, 2.45) is 11.7 Å². The van der Waals surface area contributed by atoms with Crippen LogP contribution in [0, 0.1) is 17.2 Å². The van der Waals surface area contributed by atoms with Crippen LogP contribution in [0.1, 0.15) is 36.8 Å². The maximum atomic E-state index is 12.9. The van der Waals surface area contributed by atoms with Gasteiger partial charge in [-0.05, 0) is 37.0 Å². The van der Waals surface area contributed by atoms with Crippen molar-refractivity contribution in [1.29, 1.82) is 5.26 Å². The van der Waals surface area contributed by atoms with E-state index in [4.69, 9.17) is 11.0 Å². The summed E-state index contributed by atoms with van der Waals surface area (Å²) in [6, 6.07) is 5.26. The molecule has 0 radical (unpaired) electrons. The predicted octanol–water partition coefficient (Wildman–Crippen LogP) is 3.51. The fourth-order valence-corrected chi connectivity index (χ4v) is 2.91. The topological polar surface area (TPSA) is 61.8 Å². The fraction of sp³-hybridized carbons (Fsp3) is 0.533. The molecule has 2 rings (SSSR count). The van der Waals surface area contributed by atoms with Gasteiger partial charge in [-0.1, -0.05) is 12.8 Å². The molecule has 3 nitrogen and oxygen atoms in total. The van der Waals surface area contributed by atoms with E-state index in [9.17, 15) is 13.2 Å². The van der Waals surface area contributed by atoms with Gasteiger partial charge in [-0.3, -0.25) is 0 Å². The standard InChI is InChI=1S/C15H18F3N3/c16-15(17,18)13-7-12(6-5-11(13)8-19)21-14(9-20)10-3-1-2-4-10/h5-7,10,14,21H,1-4,9,20H2. The number of hydrogen-bond acceptors (Lipinski definition) is 3. The number of nitrogens with two attached hydrogens (primary N) is 1. The Bertz CT molecular complexity index is 528. The fourth-order valence-electron chi connectivity index (χ4n) is 2.91. The van der Waals surface area contributed by atoms with Crippen molar-refractivity contribution in [2.45, 2.75) is 37.9 Å². The van der Waals surface area contributed by atoms with Crippen LogP contribution in [0.25, 0.3) is 0 Å². The highest BCUT2D eigenvalue weighted by atomic mass is 19.4. The van der Waals surface area contributed by atoms with Gasteiger partial charge in [0.15, 0.2) is 0 Å². The van der Waals surface area contributed by atoms with E-state index in [0.29, 0.717) is 18.2 Å². The number of hydrogen-bond donors (Lipinski definition) is 2. The van der Waals surface area contributed by atoms with Gasteiger partial charge in [0.2, 0.25) is 0 Å². The monoisotopic (exact) mass is 297 g/mol. The first kappa shape index (κ1) is 15.6. The SMILES string of the molecule is N#Cc1ccc(NC(CN)C2CCCC2)cc1C(F)(F)F. The lowest BCUT2D eigenvalue weighted by Gasteiger charge is -2.25. The number of anilines is 1. The molecule has 0 aromatic heterocycles. The van der Waals surface area contributed by atoms with Gasteiger partial charge >= 0.3 is 6.18 Å². The molecule has 0 amide bonds. The van der Waals surface area contributed by atoms with E-state index >= 15 is 0 Å². The van der Waals surface area contributed by atoms with Crippen molar-refractivity contribution in [3.05, 3.63) is 29.3 Å². The molecule has 114 valence electrons. The minimum absolute atomic E-state index is 0.0264. The summed E-state index contributed by atoms with van der Waals surface area (Å²) >= 11 is 0. The van der Waals surface area contributed by atoms with E-state index in [1.807, 2.05) is 0 Å². The summed E-state index contributed by atoms with van der Waals surface area (Å²) in [5.74, 6) is 0.403. The van der Waals surface area contributed by atoms with Crippen LogP contribution >= 0.6 is 0 Å². The third kappa shape index (κ3) is 3.67. The highest BCUT2D eigenvalue weighted by Gasteiger charge is 2.34. The van der Waals surface area contributed by atoms with Crippen LogP contribution in [-0.4, -0.2) is 12.6 Å². The summed E-state index contributed by atoms with van der Waals surface area (Å²) in [5.41, 5.74) is 4.84. The first-order valence-electron chi connectivity index (χ1n) is 7.03. The summed E-state index contributed by atoms with van der Waals surface area (Å²) < 4.78 is 38.8. The van der Waals surface area contributed by atoms with Crippen molar-refractivity contribution in [3.8, 4) is 6.07 Å². The smallest absolute Gasteiger partial charge is 0.381 e. The van der Waals surface area contributed by atoms with Crippen LogP contribution in [0.3, 0.4) is 0 Å². The van der Waals surface area contributed by atoms with Gasteiger partial charge in [0.05, 0.1) is 17.2 Å². The van der Waals surface area contributed by atoms with E-state index in [1.54, 1.807) is 6.07 Å². The molecule has 1 saturated carbocycles. The zero-order chi connectivity index (χ0) is 15.5. The lowest BCUT2D eigenvalue weighted by atomic mass is 9.97. The van der Waals surface area contributed by atoms with Gasteiger partial charge in [-0.15, -0.1) is 0 Å². The van der Waals surface area contributed by atoms with Crippen LogP contribution in [0.15, 0.2) is 18.2 Å². The molecule has 1 aliphatic carbocycles. The summed E-state index contributed by atoms with van der Waals surface area (Å²) in [6.45, 7) is 0.381. The lowest BCUT2D eigenvalue weighted by Crippen LogP contribution is -2.35. The number of nitriles is 1. The molecule has 0 spiro atoms. The van der Waals surface area contributed by atoms with Crippen LogP contribution < -0.4 is 11.1 Å². The van der Waals surface area contributed by atoms with E-state index in [1.165, 1.54) is 12.1 Å². The maximum Gasteiger partial charge on any atom is 0.417 e. The number of rotatable bonds is 4. The molecule has 1 aliphatic rings. The number of nitrogens with zero attached hydrogens (tertiary/aromatic N) is 1. The van der Waals surface area contributed by atoms with Gasteiger partial charge in [-0.25, -0.2) is 0 Å². The Labute approximate surface area is 121 Å². The summed E-state index contributed by atoms with van der Waals surface area (Å²) in [6.07, 6.45) is -0.142. The van der Waals surface area contributed by atoms with E-state index in [2.05, 4.69) is 5.32 Å². The Balaban J connectivity index is 2.22. The van der Waals surface area contributed by atoms with Crippen LogP contribution in [0.2, 0.25) is 0 Å². The molecule has 6 heteroatoms. The Kier molecular flexibility index (Phi) is 4.73. The van der Waals surface area contributed by atoms with Crippen LogP contribution in [-0.2, 0) is 6.18 Å². The Hall–Kier alpha value is -1.74. The maximum absolute atomic E-state index is 12.9. The molecule has 21 heavy (non-hydrogen) atoms. The summed E-state index contributed by atoms with van der Waals surface area (Å²) in [4.78, 5) is 0. The van der Waals surface area contributed by atoms with Crippen molar-refractivity contribution < 1.29 is 13.2 Å². The summed E-state index contributed by atoms with van der Waals surface area (Å²) in [7, 11) is 0. The number of halogens is 3. The average Bonchev–Trinajstić information content (AvgIpc) is 2.97. The zero-order valence-electron chi connectivity index (χ0n) is 11.6. The molecule has 0 aliphatic heterocycles.